The van der Waals surface area contributed by atoms with Gasteiger partial charge in [0.25, 0.3) is 0 Å². The van der Waals surface area contributed by atoms with Gasteiger partial charge in [0, 0.05) is 19.0 Å². The Hall–Kier alpha value is -3.49. The smallest absolute Gasteiger partial charge is 0.309 e. The van der Waals surface area contributed by atoms with Crippen LogP contribution < -0.4 is 9.64 Å². The number of anilines is 1. The van der Waals surface area contributed by atoms with Gasteiger partial charge in [-0.05, 0) is 78.4 Å². The van der Waals surface area contributed by atoms with Crippen molar-refractivity contribution in [1.29, 1.82) is 0 Å². The summed E-state index contributed by atoms with van der Waals surface area (Å²) in [5, 5.41) is 11.5. The van der Waals surface area contributed by atoms with E-state index in [4.69, 9.17) is 9.47 Å². The fraction of sp³-hybridized carbons (Fsp3) is 0.440. The molecule has 1 aromatic heterocycles. The van der Waals surface area contributed by atoms with E-state index < -0.39 is 0 Å². The molecule has 0 amide bonds. The molecule has 178 valence electrons. The summed E-state index contributed by atoms with van der Waals surface area (Å²) in [4.78, 5) is 14.9. The van der Waals surface area contributed by atoms with Crippen LogP contribution in [0.2, 0.25) is 0 Å². The highest BCUT2D eigenvalue weighted by molar-refractivity contribution is 5.75. The second-order valence-electron chi connectivity index (χ2n) is 9.04. The predicted octanol–water partition coefficient (Wildman–Crippen LogP) is 3.90. The number of carbonyl (C=O) groups excluding carboxylic acids is 1. The van der Waals surface area contributed by atoms with Crippen molar-refractivity contribution in [2.75, 3.05) is 19.1 Å². The minimum Gasteiger partial charge on any atom is -0.488 e. The SMILES string of the molecule is COC(=O)C1CCC(N(C)c2cc(-n3cnnn3)ccc2OC2CCC2)C1c1ccc(F)cc1. The first-order valence-corrected chi connectivity index (χ1v) is 11.7. The molecule has 0 aliphatic heterocycles. The van der Waals surface area contributed by atoms with E-state index in [1.165, 1.54) is 25.7 Å². The summed E-state index contributed by atoms with van der Waals surface area (Å²) in [6.45, 7) is 0. The van der Waals surface area contributed by atoms with Crippen molar-refractivity contribution in [3.05, 3.63) is 60.2 Å². The third-order valence-electron chi connectivity index (χ3n) is 7.16. The van der Waals surface area contributed by atoms with Gasteiger partial charge in [-0.25, -0.2) is 9.07 Å². The van der Waals surface area contributed by atoms with Crippen molar-refractivity contribution in [3.8, 4) is 11.4 Å². The summed E-state index contributed by atoms with van der Waals surface area (Å²) < 4.78 is 26.7. The van der Waals surface area contributed by atoms with Crippen molar-refractivity contribution in [1.82, 2.24) is 20.2 Å². The summed E-state index contributed by atoms with van der Waals surface area (Å²) in [5.74, 6) is -0.193. The van der Waals surface area contributed by atoms with Crippen LogP contribution in [0, 0.1) is 11.7 Å². The highest BCUT2D eigenvalue weighted by atomic mass is 19.1. The first-order chi connectivity index (χ1) is 16.5. The number of rotatable bonds is 7. The van der Waals surface area contributed by atoms with E-state index in [0.717, 1.165) is 42.0 Å². The maximum absolute atomic E-state index is 13.7. The lowest BCUT2D eigenvalue weighted by Crippen LogP contribution is -2.37. The lowest BCUT2D eigenvalue weighted by Gasteiger charge is -2.36. The van der Waals surface area contributed by atoms with E-state index in [9.17, 15) is 9.18 Å². The molecule has 2 aromatic carbocycles. The van der Waals surface area contributed by atoms with Crippen LogP contribution in [0.3, 0.4) is 0 Å². The monoisotopic (exact) mass is 465 g/mol. The van der Waals surface area contributed by atoms with Gasteiger partial charge in [0.1, 0.15) is 17.9 Å². The zero-order valence-electron chi connectivity index (χ0n) is 19.3. The third-order valence-corrected chi connectivity index (χ3v) is 7.16. The Morgan fingerprint density at radius 1 is 1.12 bits per heavy atom. The maximum atomic E-state index is 13.7. The molecule has 0 saturated heterocycles. The molecule has 0 spiro atoms. The Bertz CT molecular complexity index is 1130. The predicted molar refractivity (Wildman–Crippen MR) is 123 cm³/mol. The van der Waals surface area contributed by atoms with E-state index in [1.807, 2.05) is 25.2 Å². The van der Waals surface area contributed by atoms with E-state index in [-0.39, 0.29) is 35.8 Å². The fourth-order valence-corrected chi connectivity index (χ4v) is 5.12. The molecule has 3 unspecified atom stereocenters. The largest absolute Gasteiger partial charge is 0.488 e. The topological polar surface area (TPSA) is 82.4 Å². The first-order valence-electron chi connectivity index (χ1n) is 11.7. The number of nitrogens with zero attached hydrogens (tertiary/aromatic N) is 5. The summed E-state index contributed by atoms with van der Waals surface area (Å²) in [6.07, 6.45) is 6.51. The average molecular weight is 466 g/mol. The number of likely N-dealkylation sites (N-methyl/N-ethyl adjacent to an activating group) is 1. The van der Waals surface area contributed by atoms with Gasteiger partial charge < -0.3 is 14.4 Å². The van der Waals surface area contributed by atoms with Crippen molar-refractivity contribution < 1.29 is 18.7 Å². The van der Waals surface area contributed by atoms with Crippen molar-refractivity contribution in [3.63, 3.8) is 0 Å². The summed E-state index contributed by atoms with van der Waals surface area (Å²) in [5.41, 5.74) is 2.64. The Kier molecular flexibility index (Phi) is 6.17. The van der Waals surface area contributed by atoms with Gasteiger partial charge in [0.05, 0.1) is 30.5 Å². The van der Waals surface area contributed by atoms with Crippen molar-refractivity contribution in [2.45, 2.75) is 50.2 Å². The molecule has 9 heteroatoms. The Morgan fingerprint density at radius 3 is 2.56 bits per heavy atom. The molecule has 5 rings (SSSR count). The Morgan fingerprint density at radius 2 is 1.91 bits per heavy atom. The minimum atomic E-state index is -0.304. The van der Waals surface area contributed by atoms with Crippen LogP contribution in [-0.2, 0) is 9.53 Å². The number of halogens is 1. The van der Waals surface area contributed by atoms with E-state index in [0.29, 0.717) is 6.42 Å². The molecule has 3 aromatic rings. The van der Waals surface area contributed by atoms with Crippen molar-refractivity contribution >= 4 is 11.7 Å². The highest BCUT2D eigenvalue weighted by Crippen LogP contribution is 2.46. The van der Waals surface area contributed by atoms with Gasteiger partial charge in [-0.3, -0.25) is 4.79 Å². The number of hydrogen-bond donors (Lipinski definition) is 0. The summed E-state index contributed by atoms with van der Waals surface area (Å²) >= 11 is 0. The van der Waals surface area contributed by atoms with Crippen LogP contribution in [0.25, 0.3) is 5.69 Å². The molecular weight excluding hydrogens is 437 g/mol. The lowest BCUT2D eigenvalue weighted by atomic mass is 9.86. The quantitative estimate of drug-likeness (QED) is 0.490. The lowest BCUT2D eigenvalue weighted by molar-refractivity contribution is -0.145. The van der Waals surface area contributed by atoms with E-state index >= 15 is 0 Å². The Balaban J connectivity index is 1.53. The number of hydrogen-bond acceptors (Lipinski definition) is 7. The minimum absolute atomic E-state index is 0.0116. The number of ether oxygens (including phenoxy) is 2. The number of esters is 1. The zero-order valence-corrected chi connectivity index (χ0v) is 19.3. The number of aromatic nitrogens is 4. The van der Waals surface area contributed by atoms with Gasteiger partial charge in [0.15, 0.2) is 0 Å². The van der Waals surface area contributed by atoms with Gasteiger partial charge in [-0.2, -0.15) is 0 Å². The number of methoxy groups -OCH3 is 1. The summed E-state index contributed by atoms with van der Waals surface area (Å²) in [7, 11) is 3.44. The van der Waals surface area contributed by atoms with Gasteiger partial charge in [-0.1, -0.05) is 12.1 Å². The Labute approximate surface area is 197 Å². The van der Waals surface area contributed by atoms with Crippen LogP contribution in [0.15, 0.2) is 48.8 Å². The molecule has 0 radical (unpaired) electrons. The highest BCUT2D eigenvalue weighted by Gasteiger charge is 2.44. The molecule has 2 aliphatic rings. The molecule has 34 heavy (non-hydrogen) atoms. The molecule has 0 N–H and O–H groups in total. The van der Waals surface area contributed by atoms with Crippen LogP contribution >= 0.6 is 0 Å². The first kappa shape index (κ1) is 22.3. The second kappa shape index (κ2) is 9.40. The zero-order chi connectivity index (χ0) is 23.7. The number of carbonyl (C=O) groups is 1. The van der Waals surface area contributed by atoms with Crippen LogP contribution in [0.5, 0.6) is 5.75 Å². The molecular formula is C25H28FN5O3. The second-order valence-corrected chi connectivity index (χ2v) is 9.04. The van der Waals surface area contributed by atoms with E-state index in [1.54, 1.807) is 23.1 Å². The molecule has 0 bridgehead atoms. The van der Waals surface area contributed by atoms with Gasteiger partial charge in [-0.15, -0.1) is 5.10 Å². The molecule has 8 nitrogen and oxygen atoms in total. The number of tetrazole rings is 1. The summed E-state index contributed by atoms with van der Waals surface area (Å²) in [6, 6.07) is 12.3. The average Bonchev–Trinajstić information content (AvgIpc) is 3.51. The standard InChI is InChI=1S/C25H28FN5O3/c1-30(21-12-11-20(25(32)33-2)24(21)16-6-8-17(26)9-7-16)22-14-18(31-15-27-28-29-31)10-13-23(22)34-19-4-3-5-19/h6-10,13-15,19-21,24H,3-5,11-12H2,1-2H3. The van der Waals surface area contributed by atoms with Crippen LogP contribution in [-0.4, -0.2) is 52.5 Å². The van der Waals surface area contributed by atoms with Crippen LogP contribution in [0.1, 0.15) is 43.6 Å². The fourth-order valence-electron chi connectivity index (χ4n) is 5.12. The van der Waals surface area contributed by atoms with Crippen molar-refractivity contribution in [2.24, 2.45) is 5.92 Å². The third kappa shape index (κ3) is 4.22. The van der Waals surface area contributed by atoms with Gasteiger partial charge in [0.2, 0.25) is 0 Å². The molecule has 2 saturated carbocycles. The normalized spacial score (nSPS) is 22.3. The molecule has 1 heterocycles. The van der Waals surface area contributed by atoms with Gasteiger partial charge >= 0.3 is 5.97 Å². The maximum Gasteiger partial charge on any atom is 0.309 e. The molecule has 3 atom stereocenters. The van der Waals surface area contributed by atoms with Crippen LogP contribution in [0.4, 0.5) is 10.1 Å². The van der Waals surface area contributed by atoms with E-state index in [2.05, 4.69) is 20.4 Å². The number of benzene rings is 2. The molecule has 2 aliphatic carbocycles. The molecule has 2 fully saturated rings.